The van der Waals surface area contributed by atoms with Gasteiger partial charge in [-0.2, -0.15) is 0 Å². The maximum absolute atomic E-state index is 13.2. The SMILES string of the molecule is Fc1cccc(C[NH+]2CCN(C(=S)NCc3ccco3)CC2)c1. The van der Waals surface area contributed by atoms with Gasteiger partial charge < -0.3 is 19.5 Å². The molecule has 1 aliphatic heterocycles. The Labute approximate surface area is 140 Å². The zero-order valence-corrected chi connectivity index (χ0v) is 13.7. The molecule has 0 radical (unpaired) electrons. The lowest BCUT2D eigenvalue weighted by molar-refractivity contribution is -0.917. The molecule has 1 fully saturated rings. The highest BCUT2D eigenvalue weighted by molar-refractivity contribution is 7.80. The lowest BCUT2D eigenvalue weighted by Crippen LogP contribution is -3.13. The van der Waals surface area contributed by atoms with Gasteiger partial charge in [0.2, 0.25) is 0 Å². The fourth-order valence-corrected chi connectivity index (χ4v) is 3.08. The summed E-state index contributed by atoms with van der Waals surface area (Å²) >= 11 is 5.45. The molecule has 2 heterocycles. The molecule has 3 rings (SSSR count). The first-order valence-electron chi connectivity index (χ1n) is 7.84. The van der Waals surface area contributed by atoms with E-state index in [2.05, 4.69) is 10.2 Å². The van der Waals surface area contributed by atoms with E-state index in [1.54, 1.807) is 18.4 Å². The molecule has 0 unspecified atom stereocenters. The smallest absolute Gasteiger partial charge is 0.169 e. The molecule has 6 heteroatoms. The van der Waals surface area contributed by atoms with Crippen molar-refractivity contribution in [1.29, 1.82) is 0 Å². The third-order valence-corrected chi connectivity index (χ3v) is 4.50. The highest BCUT2D eigenvalue weighted by Gasteiger charge is 2.21. The van der Waals surface area contributed by atoms with Crippen LogP contribution in [0.1, 0.15) is 11.3 Å². The van der Waals surface area contributed by atoms with E-state index in [9.17, 15) is 4.39 Å². The highest BCUT2D eigenvalue weighted by atomic mass is 32.1. The molecule has 0 spiro atoms. The molecule has 2 aromatic rings. The standard InChI is InChI=1S/C17H20FN3OS/c18-15-4-1-3-14(11-15)13-20-6-8-21(9-7-20)17(23)19-12-16-5-2-10-22-16/h1-5,10-11H,6-9,12-13H2,(H,19,23)/p+1. The number of hydrogen-bond acceptors (Lipinski definition) is 2. The van der Waals surface area contributed by atoms with Gasteiger partial charge in [-0.3, -0.25) is 0 Å². The van der Waals surface area contributed by atoms with Crippen molar-refractivity contribution in [3.8, 4) is 0 Å². The molecule has 0 saturated carbocycles. The highest BCUT2D eigenvalue weighted by Crippen LogP contribution is 2.03. The second-order valence-electron chi connectivity index (χ2n) is 5.78. The summed E-state index contributed by atoms with van der Waals surface area (Å²) in [6.07, 6.45) is 1.66. The lowest BCUT2D eigenvalue weighted by atomic mass is 10.2. The molecule has 0 atom stereocenters. The number of nitrogens with zero attached hydrogens (tertiary/aromatic N) is 1. The minimum Gasteiger partial charge on any atom is -0.467 e. The van der Waals surface area contributed by atoms with Crippen LogP contribution in [-0.4, -0.2) is 36.2 Å². The quantitative estimate of drug-likeness (QED) is 0.823. The fourth-order valence-electron chi connectivity index (χ4n) is 2.83. The van der Waals surface area contributed by atoms with E-state index in [4.69, 9.17) is 16.6 Å². The van der Waals surface area contributed by atoms with E-state index in [1.165, 1.54) is 11.0 Å². The summed E-state index contributed by atoms with van der Waals surface area (Å²) < 4.78 is 18.5. The van der Waals surface area contributed by atoms with Gasteiger partial charge in [-0.15, -0.1) is 0 Å². The van der Waals surface area contributed by atoms with E-state index in [0.717, 1.165) is 49.2 Å². The Hall–Kier alpha value is -1.92. The van der Waals surface area contributed by atoms with Crippen LogP contribution < -0.4 is 10.2 Å². The number of benzene rings is 1. The number of quaternary nitrogens is 1. The van der Waals surface area contributed by atoms with E-state index in [0.29, 0.717) is 6.54 Å². The average Bonchev–Trinajstić information content (AvgIpc) is 3.07. The molecule has 1 saturated heterocycles. The Morgan fingerprint density at radius 1 is 1.26 bits per heavy atom. The van der Waals surface area contributed by atoms with E-state index in [1.807, 2.05) is 18.2 Å². The maximum atomic E-state index is 13.2. The van der Waals surface area contributed by atoms with Crippen molar-refractivity contribution in [2.75, 3.05) is 26.2 Å². The van der Waals surface area contributed by atoms with Gasteiger partial charge in [0, 0.05) is 5.56 Å². The minimum atomic E-state index is -0.163. The second-order valence-corrected chi connectivity index (χ2v) is 6.17. The Morgan fingerprint density at radius 2 is 2.09 bits per heavy atom. The van der Waals surface area contributed by atoms with Crippen LogP contribution >= 0.6 is 12.2 Å². The van der Waals surface area contributed by atoms with Gasteiger partial charge in [-0.25, -0.2) is 4.39 Å². The summed E-state index contributed by atoms with van der Waals surface area (Å²) in [7, 11) is 0. The second kappa shape index (κ2) is 7.57. The monoisotopic (exact) mass is 334 g/mol. The molecule has 0 aliphatic carbocycles. The summed E-state index contributed by atoms with van der Waals surface area (Å²) in [5.41, 5.74) is 1.05. The fraction of sp³-hybridized carbons (Fsp3) is 0.353. The molecule has 23 heavy (non-hydrogen) atoms. The van der Waals surface area contributed by atoms with Gasteiger partial charge in [-0.1, -0.05) is 12.1 Å². The van der Waals surface area contributed by atoms with Gasteiger partial charge in [0.15, 0.2) is 5.11 Å². The Kier molecular flexibility index (Phi) is 5.25. The number of piperazine rings is 1. The Bertz CT molecular complexity index is 639. The van der Waals surface area contributed by atoms with Crippen LogP contribution in [0.15, 0.2) is 47.1 Å². The van der Waals surface area contributed by atoms with Gasteiger partial charge in [0.25, 0.3) is 0 Å². The molecule has 0 bridgehead atoms. The van der Waals surface area contributed by atoms with Crippen molar-refractivity contribution < 1.29 is 13.7 Å². The first-order valence-corrected chi connectivity index (χ1v) is 8.25. The number of hydrogen-bond donors (Lipinski definition) is 2. The number of furan rings is 1. The van der Waals surface area contributed by atoms with Crippen LogP contribution in [0.4, 0.5) is 4.39 Å². The molecule has 1 aliphatic rings. The number of thiocarbonyl (C=S) groups is 1. The largest absolute Gasteiger partial charge is 0.467 e. The summed E-state index contributed by atoms with van der Waals surface area (Å²) in [4.78, 5) is 3.65. The van der Waals surface area contributed by atoms with Crippen LogP contribution in [0.5, 0.6) is 0 Å². The zero-order chi connectivity index (χ0) is 16.1. The first-order chi connectivity index (χ1) is 11.2. The third-order valence-electron chi connectivity index (χ3n) is 4.09. The first kappa shape index (κ1) is 16.0. The van der Waals surface area contributed by atoms with Gasteiger partial charge in [0.1, 0.15) is 18.1 Å². The summed E-state index contributed by atoms with van der Waals surface area (Å²) in [5.74, 6) is 0.714. The van der Waals surface area contributed by atoms with Crippen molar-refractivity contribution >= 4 is 17.3 Å². The predicted octanol–water partition coefficient (Wildman–Crippen LogP) is 1.19. The van der Waals surface area contributed by atoms with Crippen LogP contribution in [0.3, 0.4) is 0 Å². The van der Waals surface area contributed by atoms with E-state index >= 15 is 0 Å². The van der Waals surface area contributed by atoms with Crippen LogP contribution in [-0.2, 0) is 13.1 Å². The van der Waals surface area contributed by atoms with Crippen molar-refractivity contribution in [1.82, 2.24) is 10.2 Å². The Balaban J connectivity index is 1.43. The molecule has 4 nitrogen and oxygen atoms in total. The number of halogens is 1. The van der Waals surface area contributed by atoms with Crippen molar-refractivity contribution in [3.63, 3.8) is 0 Å². The summed E-state index contributed by atoms with van der Waals surface area (Å²) in [6, 6.07) is 10.7. The van der Waals surface area contributed by atoms with Crippen molar-refractivity contribution in [2.24, 2.45) is 0 Å². The van der Waals surface area contributed by atoms with Gasteiger partial charge in [0.05, 0.1) is 39.0 Å². The van der Waals surface area contributed by atoms with Crippen molar-refractivity contribution in [3.05, 3.63) is 59.8 Å². The lowest BCUT2D eigenvalue weighted by Gasteiger charge is -2.33. The Morgan fingerprint density at radius 3 is 2.78 bits per heavy atom. The number of nitrogens with one attached hydrogen (secondary N) is 2. The van der Waals surface area contributed by atoms with E-state index < -0.39 is 0 Å². The van der Waals surface area contributed by atoms with Gasteiger partial charge >= 0.3 is 0 Å². The molecule has 0 amide bonds. The average molecular weight is 334 g/mol. The van der Waals surface area contributed by atoms with Crippen molar-refractivity contribution in [2.45, 2.75) is 13.1 Å². The van der Waals surface area contributed by atoms with Crippen LogP contribution in [0.25, 0.3) is 0 Å². The molecule has 1 aromatic heterocycles. The third kappa shape index (κ3) is 4.53. The topological polar surface area (TPSA) is 32.9 Å². The van der Waals surface area contributed by atoms with Crippen LogP contribution in [0.2, 0.25) is 0 Å². The molecular weight excluding hydrogens is 313 g/mol. The summed E-state index contributed by atoms with van der Waals surface area (Å²) in [5, 5.41) is 4.00. The normalized spacial score (nSPS) is 15.6. The molecule has 1 aromatic carbocycles. The minimum absolute atomic E-state index is 0.163. The van der Waals surface area contributed by atoms with Gasteiger partial charge in [-0.05, 0) is 36.5 Å². The van der Waals surface area contributed by atoms with E-state index in [-0.39, 0.29) is 5.82 Å². The number of rotatable bonds is 4. The molecular formula is C17H21FN3OS+. The zero-order valence-electron chi connectivity index (χ0n) is 12.9. The predicted molar refractivity (Wildman–Crippen MR) is 90.5 cm³/mol. The summed E-state index contributed by atoms with van der Waals surface area (Å²) in [6.45, 7) is 5.29. The molecule has 122 valence electrons. The maximum Gasteiger partial charge on any atom is 0.169 e. The molecule has 2 N–H and O–H groups in total. The van der Waals surface area contributed by atoms with Crippen LogP contribution in [0, 0.1) is 5.82 Å².